The lowest BCUT2D eigenvalue weighted by atomic mass is 9.62. The van der Waals surface area contributed by atoms with E-state index in [9.17, 15) is 9.90 Å². The Hall–Kier alpha value is -2.20. The smallest absolute Gasteiger partial charge is 0.339 e. The molecule has 4 nitrogen and oxygen atoms in total. The first-order valence-corrected chi connectivity index (χ1v) is 9.83. The summed E-state index contributed by atoms with van der Waals surface area (Å²) in [6.45, 7) is 13.0. The van der Waals surface area contributed by atoms with Crippen molar-refractivity contribution < 1.29 is 14.6 Å². The van der Waals surface area contributed by atoms with Gasteiger partial charge in [0.2, 0.25) is 0 Å². The predicted molar refractivity (Wildman–Crippen MR) is 111 cm³/mol. The van der Waals surface area contributed by atoms with Crippen molar-refractivity contribution in [3.05, 3.63) is 64.0 Å². The maximum atomic E-state index is 11.7. The summed E-state index contributed by atoms with van der Waals surface area (Å²) in [6.07, 6.45) is 3.72. The molecule has 0 spiro atoms. The molecule has 28 heavy (non-hydrogen) atoms. The number of methoxy groups -OCH3 is 1. The van der Waals surface area contributed by atoms with Gasteiger partial charge in [0, 0.05) is 6.20 Å². The second-order valence-corrected chi connectivity index (χ2v) is 9.48. The average molecular weight is 382 g/mol. The van der Waals surface area contributed by atoms with E-state index in [0.29, 0.717) is 11.3 Å². The number of hydrogen-bond acceptors (Lipinski definition) is 4. The van der Waals surface area contributed by atoms with E-state index in [0.717, 1.165) is 24.0 Å². The number of pyridine rings is 1. The SMILES string of the molecule is COC(=O)c1ccc(C(C)(O)c2cc3c(cc2C)C(C)(C)CCC3(C)C)nc1. The molecule has 0 saturated heterocycles. The van der Waals surface area contributed by atoms with Gasteiger partial charge in [-0.25, -0.2) is 4.79 Å². The Morgan fingerprint density at radius 3 is 2.18 bits per heavy atom. The summed E-state index contributed by atoms with van der Waals surface area (Å²) < 4.78 is 4.73. The van der Waals surface area contributed by atoms with E-state index in [-0.39, 0.29) is 10.8 Å². The van der Waals surface area contributed by atoms with Crippen LogP contribution in [-0.4, -0.2) is 23.2 Å². The first-order valence-electron chi connectivity index (χ1n) is 9.83. The molecule has 0 amide bonds. The number of carbonyl (C=O) groups is 1. The minimum absolute atomic E-state index is 0.0611. The fraction of sp³-hybridized carbons (Fsp3) is 0.500. The molecule has 0 aliphatic heterocycles. The summed E-state index contributed by atoms with van der Waals surface area (Å²) in [7, 11) is 1.34. The highest BCUT2D eigenvalue weighted by Crippen LogP contribution is 2.47. The van der Waals surface area contributed by atoms with Crippen LogP contribution in [0.3, 0.4) is 0 Å². The number of nitrogens with zero attached hydrogens (tertiary/aromatic N) is 1. The van der Waals surface area contributed by atoms with E-state index >= 15 is 0 Å². The van der Waals surface area contributed by atoms with Gasteiger partial charge < -0.3 is 9.84 Å². The standard InChI is InChI=1S/C24H31NO3/c1-15-12-18-19(23(4,5)11-10-22(18,2)3)13-17(15)24(6,27)20-9-8-16(14-25-20)21(26)28-7/h8-9,12-14,27H,10-11H2,1-7H3. The van der Waals surface area contributed by atoms with Crippen molar-refractivity contribution in [1.29, 1.82) is 0 Å². The number of hydrogen-bond donors (Lipinski definition) is 1. The van der Waals surface area contributed by atoms with Gasteiger partial charge >= 0.3 is 5.97 Å². The Morgan fingerprint density at radius 2 is 1.68 bits per heavy atom. The molecule has 1 aromatic heterocycles. The molecule has 1 unspecified atom stereocenters. The summed E-state index contributed by atoms with van der Waals surface area (Å²) in [5, 5.41) is 11.4. The van der Waals surface area contributed by atoms with Gasteiger partial charge in [0.1, 0.15) is 5.60 Å². The fourth-order valence-electron chi connectivity index (χ4n) is 4.30. The summed E-state index contributed by atoms with van der Waals surface area (Å²) in [6, 6.07) is 7.74. The number of rotatable bonds is 3. The van der Waals surface area contributed by atoms with E-state index in [1.807, 2.05) is 6.92 Å². The highest BCUT2D eigenvalue weighted by Gasteiger charge is 2.39. The zero-order valence-corrected chi connectivity index (χ0v) is 18.0. The summed E-state index contributed by atoms with van der Waals surface area (Å²) in [5.41, 5.74) is 4.38. The van der Waals surface area contributed by atoms with Crippen molar-refractivity contribution in [1.82, 2.24) is 4.98 Å². The zero-order valence-electron chi connectivity index (χ0n) is 18.0. The molecule has 0 radical (unpaired) electrons. The van der Waals surface area contributed by atoms with Crippen LogP contribution in [0.1, 0.15) is 85.8 Å². The average Bonchev–Trinajstić information content (AvgIpc) is 2.64. The quantitative estimate of drug-likeness (QED) is 0.777. The van der Waals surface area contributed by atoms with Gasteiger partial charge in [-0.15, -0.1) is 0 Å². The second kappa shape index (κ2) is 6.70. The van der Waals surface area contributed by atoms with Crippen LogP contribution in [0.5, 0.6) is 0 Å². The van der Waals surface area contributed by atoms with E-state index in [1.54, 1.807) is 19.1 Å². The van der Waals surface area contributed by atoms with Gasteiger partial charge in [0.15, 0.2) is 0 Å². The molecular weight excluding hydrogens is 350 g/mol. The van der Waals surface area contributed by atoms with Crippen LogP contribution in [0.15, 0.2) is 30.5 Å². The molecule has 1 heterocycles. The van der Waals surface area contributed by atoms with E-state index in [2.05, 4.69) is 44.8 Å². The van der Waals surface area contributed by atoms with Crippen LogP contribution >= 0.6 is 0 Å². The number of benzene rings is 1. The summed E-state index contributed by atoms with van der Waals surface area (Å²) in [5.74, 6) is -0.437. The predicted octanol–water partition coefficient (Wildman–Crippen LogP) is 4.78. The Bertz CT molecular complexity index is 908. The van der Waals surface area contributed by atoms with Gasteiger partial charge in [-0.1, -0.05) is 39.8 Å². The van der Waals surface area contributed by atoms with Crippen LogP contribution in [0.25, 0.3) is 0 Å². The van der Waals surface area contributed by atoms with Crippen molar-refractivity contribution in [2.24, 2.45) is 0 Å². The third kappa shape index (κ3) is 3.35. The lowest BCUT2D eigenvalue weighted by Crippen LogP contribution is -2.35. The third-order valence-corrected chi connectivity index (χ3v) is 6.41. The fourth-order valence-corrected chi connectivity index (χ4v) is 4.30. The molecule has 0 saturated carbocycles. The summed E-state index contributed by atoms with van der Waals surface area (Å²) in [4.78, 5) is 16.0. The molecule has 0 fully saturated rings. The Morgan fingerprint density at radius 1 is 1.11 bits per heavy atom. The Labute approximate surface area is 168 Å². The Balaban J connectivity index is 2.11. The molecular formula is C24H31NO3. The number of aryl methyl sites for hydroxylation is 1. The molecule has 2 aromatic rings. The third-order valence-electron chi connectivity index (χ3n) is 6.41. The summed E-state index contributed by atoms with van der Waals surface area (Å²) >= 11 is 0. The first-order chi connectivity index (χ1) is 12.9. The monoisotopic (exact) mass is 381 g/mol. The van der Waals surface area contributed by atoms with Crippen molar-refractivity contribution in [2.75, 3.05) is 7.11 Å². The molecule has 1 N–H and O–H groups in total. The van der Waals surface area contributed by atoms with Crippen LogP contribution < -0.4 is 0 Å². The van der Waals surface area contributed by atoms with Crippen LogP contribution in [-0.2, 0) is 21.2 Å². The highest BCUT2D eigenvalue weighted by molar-refractivity contribution is 5.88. The molecule has 1 aliphatic carbocycles. The largest absolute Gasteiger partial charge is 0.465 e. The zero-order chi connectivity index (χ0) is 20.9. The minimum Gasteiger partial charge on any atom is -0.465 e. The van der Waals surface area contributed by atoms with Crippen molar-refractivity contribution in [3.8, 4) is 0 Å². The lowest BCUT2D eigenvalue weighted by molar-refractivity contribution is 0.0598. The van der Waals surface area contributed by atoms with E-state index in [4.69, 9.17) is 4.74 Å². The van der Waals surface area contributed by atoms with Crippen LogP contribution in [0, 0.1) is 6.92 Å². The first kappa shape index (κ1) is 20.5. The molecule has 150 valence electrons. The Kier molecular flexibility index (Phi) is 4.91. The number of ether oxygens (including phenoxy) is 1. The molecule has 3 rings (SSSR count). The van der Waals surface area contributed by atoms with Crippen LogP contribution in [0.2, 0.25) is 0 Å². The van der Waals surface area contributed by atoms with E-state index < -0.39 is 11.6 Å². The number of aromatic nitrogens is 1. The van der Waals surface area contributed by atoms with E-state index in [1.165, 1.54) is 24.4 Å². The highest BCUT2D eigenvalue weighted by atomic mass is 16.5. The van der Waals surface area contributed by atoms with Gasteiger partial charge in [-0.3, -0.25) is 4.98 Å². The minimum atomic E-state index is -1.26. The van der Waals surface area contributed by atoms with Gasteiger partial charge in [-0.05, 0) is 71.9 Å². The molecule has 1 aromatic carbocycles. The maximum Gasteiger partial charge on any atom is 0.339 e. The second-order valence-electron chi connectivity index (χ2n) is 9.48. The lowest BCUT2D eigenvalue weighted by Gasteiger charge is -2.43. The topological polar surface area (TPSA) is 59.4 Å². The van der Waals surface area contributed by atoms with Crippen molar-refractivity contribution >= 4 is 5.97 Å². The molecule has 0 bridgehead atoms. The maximum absolute atomic E-state index is 11.7. The number of aliphatic hydroxyl groups is 1. The van der Waals surface area contributed by atoms with Gasteiger partial charge in [0.25, 0.3) is 0 Å². The van der Waals surface area contributed by atoms with Crippen LogP contribution in [0.4, 0.5) is 0 Å². The normalized spacial score (nSPS) is 19.4. The molecule has 1 atom stereocenters. The van der Waals surface area contributed by atoms with Crippen molar-refractivity contribution in [2.45, 2.75) is 70.8 Å². The number of esters is 1. The van der Waals surface area contributed by atoms with Gasteiger partial charge in [0.05, 0.1) is 18.4 Å². The number of carbonyl (C=O) groups excluding carboxylic acids is 1. The van der Waals surface area contributed by atoms with Crippen molar-refractivity contribution in [3.63, 3.8) is 0 Å². The molecule has 4 heteroatoms. The number of fused-ring (bicyclic) bond motifs is 1. The van der Waals surface area contributed by atoms with Gasteiger partial charge in [-0.2, -0.15) is 0 Å². The molecule has 1 aliphatic rings.